The molecule has 1 spiro atoms. The van der Waals surface area contributed by atoms with Crippen molar-refractivity contribution in [2.75, 3.05) is 31.1 Å². The fourth-order valence-electron chi connectivity index (χ4n) is 3.93. The molecule has 2 heterocycles. The van der Waals surface area contributed by atoms with Crippen LogP contribution in [0.1, 0.15) is 50.4 Å². The van der Waals surface area contributed by atoms with Crippen molar-refractivity contribution in [2.45, 2.75) is 45.6 Å². The summed E-state index contributed by atoms with van der Waals surface area (Å²) in [5.41, 5.74) is 1.33. The van der Waals surface area contributed by atoms with Crippen LogP contribution in [0, 0.1) is 5.41 Å². The van der Waals surface area contributed by atoms with Gasteiger partial charge in [-0.3, -0.25) is 4.79 Å². The van der Waals surface area contributed by atoms with Gasteiger partial charge in [0.25, 0.3) is 0 Å². The van der Waals surface area contributed by atoms with Gasteiger partial charge in [0.15, 0.2) is 6.29 Å². The highest BCUT2D eigenvalue weighted by Gasteiger charge is 2.42. The van der Waals surface area contributed by atoms with Gasteiger partial charge in [-0.2, -0.15) is 0 Å². The van der Waals surface area contributed by atoms with Gasteiger partial charge >= 0.3 is 6.09 Å². The highest BCUT2D eigenvalue weighted by atomic mass is 35.5. The van der Waals surface area contributed by atoms with Crippen molar-refractivity contribution in [1.82, 2.24) is 4.90 Å². The maximum absolute atomic E-state index is 12.3. The quantitative estimate of drug-likeness (QED) is 0.716. The maximum atomic E-state index is 12.3. The molecule has 0 radical (unpaired) electrons. The van der Waals surface area contributed by atoms with E-state index in [0.717, 1.165) is 57.4 Å². The van der Waals surface area contributed by atoms with Crippen LogP contribution in [0.2, 0.25) is 5.02 Å². The van der Waals surface area contributed by atoms with Crippen LogP contribution in [0.25, 0.3) is 0 Å². The summed E-state index contributed by atoms with van der Waals surface area (Å²) < 4.78 is 5.49. The SMILES string of the molecule is CC(C)(C)OC(=O)N1CCC2(CC1)CCN(c1cc(Cl)ccc1C=O)C2. The third-order valence-corrected chi connectivity index (χ3v) is 5.61. The van der Waals surface area contributed by atoms with Gasteiger partial charge in [-0.05, 0) is 63.6 Å². The molecule has 0 aliphatic carbocycles. The van der Waals surface area contributed by atoms with Gasteiger partial charge in [0.2, 0.25) is 0 Å². The van der Waals surface area contributed by atoms with E-state index in [0.29, 0.717) is 10.6 Å². The molecule has 6 heteroatoms. The van der Waals surface area contributed by atoms with Crippen molar-refractivity contribution >= 4 is 29.7 Å². The fraction of sp³-hybridized carbons (Fsp3) is 0.600. The first kappa shape index (κ1) is 19.0. The lowest BCUT2D eigenvalue weighted by Gasteiger charge is -2.39. The van der Waals surface area contributed by atoms with E-state index in [1.54, 1.807) is 12.1 Å². The third-order valence-electron chi connectivity index (χ3n) is 5.37. The molecule has 0 atom stereocenters. The smallest absolute Gasteiger partial charge is 0.410 e. The molecule has 1 aromatic carbocycles. The molecular weight excluding hydrogens is 352 g/mol. The molecule has 0 N–H and O–H groups in total. The van der Waals surface area contributed by atoms with Crippen LogP contribution in [-0.4, -0.2) is 49.1 Å². The lowest BCUT2D eigenvalue weighted by molar-refractivity contribution is 0.0122. The number of nitrogens with zero attached hydrogens (tertiary/aromatic N) is 2. The van der Waals surface area contributed by atoms with Crippen molar-refractivity contribution < 1.29 is 14.3 Å². The average molecular weight is 379 g/mol. The van der Waals surface area contributed by atoms with Crippen molar-refractivity contribution in [2.24, 2.45) is 5.41 Å². The van der Waals surface area contributed by atoms with E-state index in [4.69, 9.17) is 16.3 Å². The molecule has 3 rings (SSSR count). The zero-order valence-electron chi connectivity index (χ0n) is 15.8. The Morgan fingerprint density at radius 3 is 2.46 bits per heavy atom. The number of anilines is 1. The summed E-state index contributed by atoms with van der Waals surface area (Å²) in [5.74, 6) is 0. The molecule has 0 aromatic heterocycles. The van der Waals surface area contributed by atoms with Gasteiger partial charge in [0, 0.05) is 42.5 Å². The Kier molecular flexibility index (Phi) is 5.20. The summed E-state index contributed by atoms with van der Waals surface area (Å²) in [5, 5.41) is 0.645. The number of ether oxygens (including phenoxy) is 1. The van der Waals surface area contributed by atoms with Gasteiger partial charge < -0.3 is 14.5 Å². The first-order valence-electron chi connectivity index (χ1n) is 9.19. The van der Waals surface area contributed by atoms with Gasteiger partial charge in [0.1, 0.15) is 5.60 Å². The molecule has 2 aliphatic rings. The number of benzene rings is 1. The van der Waals surface area contributed by atoms with E-state index in [1.807, 2.05) is 31.7 Å². The molecule has 2 fully saturated rings. The van der Waals surface area contributed by atoms with Crippen LogP contribution < -0.4 is 4.90 Å². The molecule has 0 saturated carbocycles. The van der Waals surface area contributed by atoms with Crippen LogP contribution >= 0.6 is 11.6 Å². The predicted octanol–water partition coefficient (Wildman–Crippen LogP) is 4.38. The Morgan fingerprint density at radius 2 is 1.85 bits per heavy atom. The van der Waals surface area contributed by atoms with Crippen LogP contribution in [0.15, 0.2) is 18.2 Å². The van der Waals surface area contributed by atoms with Gasteiger partial charge in [-0.25, -0.2) is 4.79 Å². The minimum atomic E-state index is -0.464. The first-order valence-corrected chi connectivity index (χ1v) is 9.57. The molecule has 2 aliphatic heterocycles. The van der Waals surface area contributed by atoms with Crippen LogP contribution in [-0.2, 0) is 4.74 Å². The molecule has 1 aromatic rings. The third kappa shape index (κ3) is 4.14. The molecular formula is C20H27ClN2O3. The van der Waals surface area contributed by atoms with Gasteiger partial charge in [-0.1, -0.05) is 11.6 Å². The van der Waals surface area contributed by atoms with Gasteiger partial charge in [0.05, 0.1) is 0 Å². The second kappa shape index (κ2) is 7.10. The largest absolute Gasteiger partial charge is 0.444 e. The monoisotopic (exact) mass is 378 g/mol. The summed E-state index contributed by atoms with van der Waals surface area (Å²) in [4.78, 5) is 27.7. The number of halogens is 1. The number of carbonyl (C=O) groups excluding carboxylic acids is 2. The predicted molar refractivity (Wildman–Crippen MR) is 103 cm³/mol. The number of amides is 1. The van der Waals surface area contributed by atoms with E-state index in [1.165, 1.54) is 0 Å². The lowest BCUT2D eigenvalue weighted by Crippen LogP contribution is -2.46. The molecule has 2 saturated heterocycles. The number of hydrogen-bond donors (Lipinski definition) is 0. The number of aldehydes is 1. The Labute approximate surface area is 160 Å². The van der Waals surface area contributed by atoms with E-state index >= 15 is 0 Å². The number of piperidine rings is 1. The highest BCUT2D eigenvalue weighted by Crippen LogP contribution is 2.43. The standard InChI is InChI=1S/C20H27ClN2O3/c1-19(2,3)26-18(25)22-9-6-20(7-10-22)8-11-23(14-20)17-12-16(21)5-4-15(17)13-24/h4-5,12-13H,6-11,14H2,1-3H3. The van der Waals surface area contributed by atoms with Crippen molar-refractivity contribution in [3.63, 3.8) is 0 Å². The van der Waals surface area contributed by atoms with Crippen LogP contribution in [0.4, 0.5) is 10.5 Å². The summed E-state index contributed by atoms with van der Waals surface area (Å²) in [6.45, 7) is 8.92. The highest BCUT2D eigenvalue weighted by molar-refractivity contribution is 6.31. The fourth-order valence-corrected chi connectivity index (χ4v) is 4.10. The summed E-state index contributed by atoms with van der Waals surface area (Å²) >= 11 is 6.14. The molecule has 0 bridgehead atoms. The Balaban J connectivity index is 1.64. The zero-order valence-corrected chi connectivity index (χ0v) is 16.5. The van der Waals surface area contributed by atoms with E-state index in [-0.39, 0.29) is 11.5 Å². The number of likely N-dealkylation sites (tertiary alicyclic amines) is 1. The van der Waals surface area contributed by atoms with Crippen molar-refractivity contribution in [1.29, 1.82) is 0 Å². The molecule has 5 nitrogen and oxygen atoms in total. The summed E-state index contributed by atoms with van der Waals surface area (Å²) in [6, 6.07) is 5.40. The van der Waals surface area contributed by atoms with E-state index < -0.39 is 5.60 Å². The van der Waals surface area contributed by atoms with Crippen LogP contribution in [0.3, 0.4) is 0 Å². The average Bonchev–Trinajstić information content (AvgIpc) is 2.97. The topological polar surface area (TPSA) is 49.9 Å². The normalized spacial score (nSPS) is 19.7. The summed E-state index contributed by atoms with van der Waals surface area (Å²) in [6.07, 6.45) is 3.65. The van der Waals surface area contributed by atoms with E-state index in [9.17, 15) is 9.59 Å². The molecule has 0 unspecified atom stereocenters. The van der Waals surface area contributed by atoms with Gasteiger partial charge in [-0.15, -0.1) is 0 Å². The maximum Gasteiger partial charge on any atom is 0.410 e. The zero-order chi connectivity index (χ0) is 18.9. The Hall–Kier alpha value is -1.75. The second-order valence-corrected chi connectivity index (χ2v) is 8.90. The van der Waals surface area contributed by atoms with Crippen molar-refractivity contribution in [3.8, 4) is 0 Å². The van der Waals surface area contributed by atoms with E-state index in [2.05, 4.69) is 4.90 Å². The molecule has 1 amide bonds. The number of carbonyl (C=O) groups is 2. The molecule has 142 valence electrons. The minimum absolute atomic E-state index is 0.195. The second-order valence-electron chi connectivity index (χ2n) is 8.46. The number of hydrogen-bond acceptors (Lipinski definition) is 4. The van der Waals surface area contributed by atoms with Crippen LogP contribution in [0.5, 0.6) is 0 Å². The lowest BCUT2D eigenvalue weighted by atomic mass is 9.78. The first-order chi connectivity index (χ1) is 12.2. The summed E-state index contributed by atoms with van der Waals surface area (Å²) in [7, 11) is 0. The Morgan fingerprint density at radius 1 is 1.19 bits per heavy atom. The molecule has 26 heavy (non-hydrogen) atoms. The minimum Gasteiger partial charge on any atom is -0.444 e. The Bertz CT molecular complexity index is 691. The number of rotatable bonds is 2. The van der Waals surface area contributed by atoms with Crippen molar-refractivity contribution in [3.05, 3.63) is 28.8 Å².